The fourth-order valence-corrected chi connectivity index (χ4v) is 7.27. The van der Waals surface area contributed by atoms with Gasteiger partial charge in [-0.15, -0.1) is 11.8 Å². The van der Waals surface area contributed by atoms with Crippen molar-refractivity contribution in [2.45, 2.75) is 55.4 Å². The maximum absolute atomic E-state index is 13.9. The van der Waals surface area contributed by atoms with Gasteiger partial charge in [0.25, 0.3) is 0 Å². The monoisotopic (exact) mass is 520 g/mol. The summed E-state index contributed by atoms with van der Waals surface area (Å²) in [6.45, 7) is 4.71. The Morgan fingerprint density at radius 1 is 1.23 bits per heavy atom. The molecule has 1 aliphatic heterocycles. The van der Waals surface area contributed by atoms with Crippen LogP contribution in [0.25, 0.3) is 0 Å². The number of methoxy groups -OCH3 is 1. The molecule has 0 amide bonds. The molecule has 35 heavy (non-hydrogen) atoms. The minimum absolute atomic E-state index is 0.0760. The van der Waals surface area contributed by atoms with Gasteiger partial charge in [-0.25, -0.2) is 8.42 Å². The lowest BCUT2D eigenvalue weighted by molar-refractivity contribution is -0.142. The van der Waals surface area contributed by atoms with E-state index in [0.29, 0.717) is 18.0 Å². The Morgan fingerprint density at radius 2 is 1.94 bits per heavy atom. The molecule has 0 saturated carbocycles. The Kier molecular flexibility index (Phi) is 9.12. The number of nitrogens with zero attached hydrogens (tertiary/aromatic N) is 1. The molecule has 0 aromatic heterocycles. The van der Waals surface area contributed by atoms with E-state index in [1.807, 2.05) is 42.7 Å². The smallest absolute Gasteiger partial charge is 0.326 e. The van der Waals surface area contributed by atoms with Gasteiger partial charge < -0.3 is 20.1 Å². The van der Waals surface area contributed by atoms with Gasteiger partial charge >= 0.3 is 5.97 Å². The molecule has 0 bridgehead atoms. The molecule has 2 aromatic rings. The summed E-state index contributed by atoms with van der Waals surface area (Å²) in [5, 5.41) is 0. The van der Waals surface area contributed by atoms with Gasteiger partial charge in [-0.2, -0.15) is 0 Å². The molecule has 0 aliphatic carbocycles. The number of fused-ring (bicyclic) bond motifs is 1. The molecule has 1 unspecified atom stereocenters. The first-order valence-electron chi connectivity index (χ1n) is 11.9. The average molecular weight is 521 g/mol. The van der Waals surface area contributed by atoms with E-state index in [1.165, 1.54) is 18.9 Å². The number of sulfone groups is 1. The van der Waals surface area contributed by atoms with Crippen molar-refractivity contribution in [3.05, 3.63) is 42.5 Å². The Morgan fingerprint density at radius 3 is 2.54 bits per heavy atom. The van der Waals surface area contributed by atoms with Gasteiger partial charge in [-0.3, -0.25) is 4.79 Å². The van der Waals surface area contributed by atoms with E-state index in [-0.39, 0.29) is 22.7 Å². The molecular formula is C26H36N2O5S2. The molecule has 7 nitrogen and oxygen atoms in total. The highest BCUT2D eigenvalue weighted by atomic mass is 32.2. The quantitative estimate of drug-likeness (QED) is 0.352. The zero-order chi connectivity index (χ0) is 25.6. The number of nitrogens with two attached hydrogens (primary N) is 1. The van der Waals surface area contributed by atoms with E-state index in [0.717, 1.165) is 36.3 Å². The Bertz CT molecular complexity index is 1120. The standard InChI is InChI=1S/C26H36N2O5S2/c1-5-7-13-26(6-2)17-28(19-11-9-8-10-12-19)21-14-23(34-4)22(15-24(21)35(30,31)18-26)33-16-20(27)25(29)32-3/h8-12,14-15,20H,5-7,13,16-18,27H2,1-4H3/t20?,26-/m0/s1. The lowest BCUT2D eigenvalue weighted by atomic mass is 9.81. The van der Waals surface area contributed by atoms with Gasteiger partial charge in [-0.1, -0.05) is 44.9 Å². The Labute approximate surface area is 213 Å². The SMILES string of the molecule is CCCC[C@@]1(CC)CN(c2ccccc2)c2cc(SC)c(OCC(N)C(=O)OC)cc2S(=O)(=O)C1. The number of esters is 1. The van der Waals surface area contributed by atoms with Crippen LogP contribution in [-0.4, -0.2) is 52.7 Å². The number of benzene rings is 2. The number of para-hydroxylation sites is 1. The number of hydrogen-bond acceptors (Lipinski definition) is 8. The average Bonchev–Trinajstić information content (AvgIpc) is 2.97. The molecule has 2 atom stereocenters. The molecule has 0 fully saturated rings. The number of rotatable bonds is 10. The van der Waals surface area contributed by atoms with Crippen molar-refractivity contribution >= 4 is 38.9 Å². The van der Waals surface area contributed by atoms with Crippen LogP contribution in [-0.2, 0) is 19.4 Å². The highest BCUT2D eigenvalue weighted by molar-refractivity contribution is 7.98. The number of ether oxygens (including phenoxy) is 2. The minimum Gasteiger partial charge on any atom is -0.490 e. The maximum Gasteiger partial charge on any atom is 0.326 e. The predicted octanol–water partition coefficient (Wildman–Crippen LogP) is 4.80. The summed E-state index contributed by atoms with van der Waals surface area (Å²) in [5.41, 5.74) is 7.07. The summed E-state index contributed by atoms with van der Waals surface area (Å²) in [6.07, 6.45) is 5.48. The van der Waals surface area contributed by atoms with Crippen LogP contribution in [0.3, 0.4) is 0 Å². The molecule has 0 saturated heterocycles. The van der Waals surface area contributed by atoms with Crippen molar-refractivity contribution in [3.63, 3.8) is 0 Å². The number of thioether (sulfide) groups is 1. The summed E-state index contributed by atoms with van der Waals surface area (Å²) in [6, 6.07) is 12.4. The normalized spacial score (nSPS) is 20.0. The van der Waals surface area contributed by atoms with Crippen LogP contribution in [0.5, 0.6) is 5.75 Å². The minimum atomic E-state index is -3.63. The number of unbranched alkanes of at least 4 members (excludes halogenated alkanes) is 1. The summed E-state index contributed by atoms with van der Waals surface area (Å²) >= 11 is 1.45. The third-order valence-corrected chi connectivity index (χ3v) is 9.41. The van der Waals surface area contributed by atoms with Crippen molar-refractivity contribution in [3.8, 4) is 5.75 Å². The van der Waals surface area contributed by atoms with Crippen LogP contribution in [0.2, 0.25) is 0 Å². The number of anilines is 2. The highest BCUT2D eigenvalue weighted by Crippen LogP contribution is 2.47. The first kappa shape index (κ1) is 27.4. The van der Waals surface area contributed by atoms with Gasteiger partial charge in [0.05, 0.1) is 28.3 Å². The second-order valence-electron chi connectivity index (χ2n) is 9.05. The largest absolute Gasteiger partial charge is 0.490 e. The fourth-order valence-electron chi connectivity index (χ4n) is 4.54. The summed E-state index contributed by atoms with van der Waals surface area (Å²) in [4.78, 5) is 14.9. The van der Waals surface area contributed by atoms with Crippen LogP contribution in [0.4, 0.5) is 11.4 Å². The van der Waals surface area contributed by atoms with E-state index in [1.54, 1.807) is 6.07 Å². The molecular weight excluding hydrogens is 484 g/mol. The zero-order valence-electron chi connectivity index (χ0n) is 21.0. The van der Waals surface area contributed by atoms with Crippen molar-refractivity contribution in [1.82, 2.24) is 0 Å². The van der Waals surface area contributed by atoms with Gasteiger partial charge in [-0.05, 0) is 37.3 Å². The molecule has 0 radical (unpaired) electrons. The summed E-state index contributed by atoms with van der Waals surface area (Å²) < 4.78 is 38.3. The van der Waals surface area contributed by atoms with Crippen molar-refractivity contribution in [2.24, 2.45) is 11.1 Å². The zero-order valence-corrected chi connectivity index (χ0v) is 22.6. The lowest BCUT2D eigenvalue weighted by Crippen LogP contribution is -2.37. The molecule has 1 heterocycles. The first-order valence-corrected chi connectivity index (χ1v) is 14.8. The van der Waals surface area contributed by atoms with E-state index >= 15 is 0 Å². The van der Waals surface area contributed by atoms with Crippen molar-refractivity contribution in [2.75, 3.05) is 37.2 Å². The van der Waals surface area contributed by atoms with Gasteiger partial charge in [0.1, 0.15) is 18.4 Å². The van der Waals surface area contributed by atoms with Gasteiger partial charge in [0, 0.05) is 23.7 Å². The first-order chi connectivity index (χ1) is 16.7. The molecule has 2 N–H and O–H groups in total. The summed E-state index contributed by atoms with van der Waals surface area (Å²) in [5.74, 6) is -0.117. The van der Waals surface area contributed by atoms with E-state index in [9.17, 15) is 13.2 Å². The topological polar surface area (TPSA) is 98.9 Å². The molecule has 3 rings (SSSR count). The second-order valence-corrected chi connectivity index (χ2v) is 11.9. The number of hydrogen-bond donors (Lipinski definition) is 1. The lowest BCUT2D eigenvalue weighted by Gasteiger charge is -2.36. The third-order valence-electron chi connectivity index (χ3n) is 6.66. The summed E-state index contributed by atoms with van der Waals surface area (Å²) in [7, 11) is -2.37. The van der Waals surface area contributed by atoms with Crippen LogP contribution < -0.4 is 15.4 Å². The molecule has 1 aliphatic rings. The van der Waals surface area contributed by atoms with E-state index < -0.39 is 21.8 Å². The van der Waals surface area contributed by atoms with E-state index in [4.69, 9.17) is 10.5 Å². The van der Waals surface area contributed by atoms with Crippen LogP contribution >= 0.6 is 11.8 Å². The predicted molar refractivity (Wildman–Crippen MR) is 141 cm³/mol. The van der Waals surface area contributed by atoms with Crippen molar-refractivity contribution < 1.29 is 22.7 Å². The Balaban J connectivity index is 2.16. The van der Waals surface area contributed by atoms with Crippen LogP contribution in [0, 0.1) is 5.41 Å². The second kappa shape index (κ2) is 11.7. The molecule has 192 valence electrons. The van der Waals surface area contributed by atoms with Crippen LogP contribution in [0.15, 0.2) is 52.3 Å². The third kappa shape index (κ3) is 6.13. The molecule has 9 heteroatoms. The molecule has 2 aromatic carbocycles. The van der Waals surface area contributed by atoms with Crippen molar-refractivity contribution in [1.29, 1.82) is 0 Å². The highest BCUT2D eigenvalue weighted by Gasteiger charge is 2.42. The van der Waals surface area contributed by atoms with Crippen LogP contribution in [0.1, 0.15) is 39.5 Å². The van der Waals surface area contributed by atoms with Gasteiger partial charge in [0.15, 0.2) is 9.84 Å². The Hall–Kier alpha value is -2.23. The van der Waals surface area contributed by atoms with E-state index in [2.05, 4.69) is 23.5 Å². The van der Waals surface area contributed by atoms with Gasteiger partial charge in [0.2, 0.25) is 0 Å². The molecule has 0 spiro atoms. The maximum atomic E-state index is 13.9. The number of carbonyl (C=O) groups is 1. The number of carbonyl (C=O) groups excluding carboxylic acids is 1. The fraction of sp³-hybridized carbons (Fsp3) is 0.500.